The Labute approximate surface area is 166 Å². The highest BCUT2D eigenvalue weighted by Crippen LogP contribution is 2.47. The third-order valence-corrected chi connectivity index (χ3v) is 6.62. The minimum absolute atomic E-state index is 0.106. The monoisotopic (exact) mass is 413 g/mol. The van der Waals surface area contributed by atoms with Crippen LogP contribution in [0.3, 0.4) is 0 Å². The zero-order chi connectivity index (χ0) is 20.6. The third kappa shape index (κ3) is 5.90. The molecule has 1 heterocycles. The van der Waals surface area contributed by atoms with Crippen LogP contribution in [0.2, 0.25) is 0 Å². The number of carbonyl (C=O) groups excluding carboxylic acids is 1. The van der Waals surface area contributed by atoms with Crippen molar-refractivity contribution in [2.45, 2.75) is 33.6 Å². The molecule has 28 heavy (non-hydrogen) atoms. The SMILES string of the molecule is CCOP(=O)(CCN1CCc2cc(OCC(=CF)CC)ccc2C1=O)OCC. The molecule has 0 atom stereocenters. The first-order valence-corrected chi connectivity index (χ1v) is 11.4. The highest BCUT2D eigenvalue weighted by atomic mass is 31.2. The Kier molecular flexibility index (Phi) is 8.67. The Hall–Kier alpha value is -1.69. The number of amides is 1. The van der Waals surface area contributed by atoms with Crippen LogP contribution in [0.5, 0.6) is 5.75 Å². The number of ether oxygens (including phenoxy) is 1. The van der Waals surface area contributed by atoms with Crippen molar-refractivity contribution in [1.82, 2.24) is 4.90 Å². The van der Waals surface area contributed by atoms with Gasteiger partial charge in [0.25, 0.3) is 5.91 Å². The second kappa shape index (κ2) is 10.7. The van der Waals surface area contributed by atoms with E-state index in [0.717, 1.165) is 5.56 Å². The van der Waals surface area contributed by atoms with Gasteiger partial charge in [-0.25, -0.2) is 4.39 Å². The van der Waals surface area contributed by atoms with Gasteiger partial charge in [-0.3, -0.25) is 9.36 Å². The van der Waals surface area contributed by atoms with E-state index >= 15 is 0 Å². The summed E-state index contributed by atoms with van der Waals surface area (Å²) >= 11 is 0. The lowest BCUT2D eigenvalue weighted by Gasteiger charge is -2.30. The molecule has 0 fully saturated rings. The van der Waals surface area contributed by atoms with Crippen molar-refractivity contribution in [2.24, 2.45) is 0 Å². The molecule has 1 aliphatic heterocycles. The fourth-order valence-electron chi connectivity index (χ4n) is 3.01. The third-order valence-electron chi connectivity index (χ3n) is 4.57. The smallest absolute Gasteiger partial charge is 0.332 e. The average molecular weight is 413 g/mol. The minimum atomic E-state index is -3.18. The molecule has 0 aromatic heterocycles. The molecule has 0 unspecified atom stereocenters. The molecule has 1 aliphatic rings. The second-order valence-electron chi connectivity index (χ2n) is 6.44. The van der Waals surface area contributed by atoms with Crippen molar-refractivity contribution >= 4 is 13.5 Å². The molecular weight excluding hydrogens is 384 g/mol. The van der Waals surface area contributed by atoms with E-state index in [1.54, 1.807) is 30.9 Å². The fraction of sp³-hybridized carbons (Fsp3) is 0.550. The fourth-order valence-corrected chi connectivity index (χ4v) is 4.61. The Morgan fingerprint density at radius 1 is 1.25 bits per heavy atom. The summed E-state index contributed by atoms with van der Waals surface area (Å²) in [6.07, 6.45) is 2.00. The summed E-state index contributed by atoms with van der Waals surface area (Å²) in [5.74, 6) is 0.509. The number of rotatable bonds is 11. The molecule has 6 nitrogen and oxygen atoms in total. The minimum Gasteiger partial charge on any atom is -0.489 e. The van der Waals surface area contributed by atoms with E-state index in [-0.39, 0.29) is 18.7 Å². The van der Waals surface area contributed by atoms with Gasteiger partial charge < -0.3 is 18.7 Å². The van der Waals surface area contributed by atoms with Gasteiger partial charge in [-0.2, -0.15) is 0 Å². The first-order chi connectivity index (χ1) is 13.5. The number of nitrogens with zero attached hydrogens (tertiary/aromatic N) is 1. The summed E-state index contributed by atoms with van der Waals surface area (Å²) in [6, 6.07) is 5.28. The van der Waals surface area contributed by atoms with Crippen molar-refractivity contribution in [3.8, 4) is 5.75 Å². The van der Waals surface area contributed by atoms with Gasteiger partial charge in [-0.15, -0.1) is 0 Å². The molecule has 1 amide bonds. The maximum Gasteiger partial charge on any atom is 0.332 e. The number of hydrogen-bond donors (Lipinski definition) is 0. The van der Waals surface area contributed by atoms with Crippen LogP contribution in [-0.2, 0) is 20.0 Å². The van der Waals surface area contributed by atoms with E-state index in [1.165, 1.54) is 0 Å². The van der Waals surface area contributed by atoms with Crippen LogP contribution >= 0.6 is 7.60 Å². The van der Waals surface area contributed by atoms with Crippen molar-refractivity contribution in [2.75, 3.05) is 39.1 Å². The van der Waals surface area contributed by atoms with Crippen LogP contribution < -0.4 is 4.74 Å². The van der Waals surface area contributed by atoms with E-state index in [1.807, 2.05) is 13.0 Å². The lowest BCUT2D eigenvalue weighted by molar-refractivity contribution is 0.0747. The van der Waals surface area contributed by atoms with Crippen molar-refractivity contribution in [3.05, 3.63) is 41.2 Å². The van der Waals surface area contributed by atoms with E-state index in [0.29, 0.717) is 62.4 Å². The highest BCUT2D eigenvalue weighted by Gasteiger charge is 2.29. The van der Waals surface area contributed by atoms with Crippen LogP contribution in [0.25, 0.3) is 0 Å². The second-order valence-corrected chi connectivity index (χ2v) is 8.63. The van der Waals surface area contributed by atoms with Crippen LogP contribution in [-0.4, -0.2) is 49.9 Å². The highest BCUT2D eigenvalue weighted by molar-refractivity contribution is 7.53. The van der Waals surface area contributed by atoms with E-state index in [9.17, 15) is 13.8 Å². The topological polar surface area (TPSA) is 65.1 Å². The van der Waals surface area contributed by atoms with E-state index < -0.39 is 7.60 Å². The van der Waals surface area contributed by atoms with Gasteiger partial charge in [-0.1, -0.05) is 6.92 Å². The molecule has 0 spiro atoms. The summed E-state index contributed by atoms with van der Waals surface area (Å²) < 4.78 is 41.5. The molecule has 8 heteroatoms. The summed E-state index contributed by atoms with van der Waals surface area (Å²) in [7, 11) is -3.18. The van der Waals surface area contributed by atoms with Crippen molar-refractivity contribution < 1.29 is 27.5 Å². The average Bonchev–Trinajstić information content (AvgIpc) is 2.68. The molecule has 0 bridgehead atoms. The number of hydrogen-bond acceptors (Lipinski definition) is 5. The Balaban J connectivity index is 2.01. The molecule has 0 radical (unpaired) electrons. The Bertz CT molecular complexity index is 742. The van der Waals surface area contributed by atoms with Crippen LogP contribution in [0.15, 0.2) is 30.1 Å². The first kappa shape index (κ1) is 22.6. The first-order valence-electron chi connectivity index (χ1n) is 9.67. The maximum absolute atomic E-state index is 12.8. The Morgan fingerprint density at radius 3 is 2.57 bits per heavy atom. The summed E-state index contributed by atoms with van der Waals surface area (Å²) in [5.41, 5.74) is 2.09. The summed E-state index contributed by atoms with van der Waals surface area (Å²) in [6.45, 7) is 7.03. The van der Waals surface area contributed by atoms with Gasteiger partial charge in [0, 0.05) is 18.7 Å². The van der Waals surface area contributed by atoms with Gasteiger partial charge in [0.15, 0.2) is 0 Å². The summed E-state index contributed by atoms with van der Waals surface area (Å²) in [4.78, 5) is 14.4. The lowest BCUT2D eigenvalue weighted by Crippen LogP contribution is -2.39. The standard InChI is InChI=1S/C20H29FNO5P/c1-4-16(14-21)15-25-18-7-8-19-17(13-18)9-10-22(20(19)23)11-12-28(24,26-5-2)27-6-3/h7-8,13-14H,4-6,9-12,15H2,1-3H3. The lowest BCUT2D eigenvalue weighted by atomic mass is 9.99. The molecule has 0 saturated carbocycles. The largest absolute Gasteiger partial charge is 0.489 e. The van der Waals surface area contributed by atoms with Crippen LogP contribution in [0.1, 0.15) is 43.1 Å². The Morgan fingerprint density at radius 2 is 1.96 bits per heavy atom. The zero-order valence-electron chi connectivity index (χ0n) is 16.8. The molecule has 0 saturated heterocycles. The molecule has 1 aromatic carbocycles. The van der Waals surface area contributed by atoms with Gasteiger partial charge in [0.05, 0.1) is 25.7 Å². The molecule has 0 N–H and O–H groups in total. The van der Waals surface area contributed by atoms with E-state index in [2.05, 4.69) is 0 Å². The number of benzene rings is 1. The van der Waals surface area contributed by atoms with Crippen LogP contribution in [0.4, 0.5) is 4.39 Å². The van der Waals surface area contributed by atoms with Gasteiger partial charge in [-0.05, 0) is 56.0 Å². The predicted octanol–water partition coefficient (Wildman–Crippen LogP) is 4.59. The van der Waals surface area contributed by atoms with E-state index in [4.69, 9.17) is 13.8 Å². The number of halogens is 1. The van der Waals surface area contributed by atoms with Crippen LogP contribution in [0, 0.1) is 0 Å². The molecule has 1 aromatic rings. The molecular formula is C20H29FNO5P. The summed E-state index contributed by atoms with van der Waals surface area (Å²) in [5, 5.41) is 0. The molecule has 0 aliphatic carbocycles. The molecule has 2 rings (SSSR count). The van der Waals surface area contributed by atoms with Gasteiger partial charge in [0.2, 0.25) is 0 Å². The molecule has 156 valence electrons. The zero-order valence-corrected chi connectivity index (χ0v) is 17.7. The van der Waals surface area contributed by atoms with Gasteiger partial charge >= 0.3 is 7.60 Å². The van der Waals surface area contributed by atoms with Crippen molar-refractivity contribution in [3.63, 3.8) is 0 Å². The normalized spacial score (nSPS) is 14.9. The number of fused-ring (bicyclic) bond motifs is 1. The number of carbonyl (C=O) groups is 1. The van der Waals surface area contributed by atoms with Crippen molar-refractivity contribution in [1.29, 1.82) is 0 Å². The predicted molar refractivity (Wildman–Crippen MR) is 107 cm³/mol. The van der Waals surface area contributed by atoms with Gasteiger partial charge in [0.1, 0.15) is 12.4 Å². The quantitative estimate of drug-likeness (QED) is 0.497. The maximum atomic E-state index is 12.8.